The molecule has 3 heterocycles. The SMILES string of the molecule is CCN(c1cc(-c2ccc(CN3CCCC(OC)C3)cc2)cc(C(=O)NCc2c(C)cc(C)[nH]c2=O)c1C)C1CCN(C)CC1. The first kappa shape index (κ1) is 32.9. The van der Waals surface area contributed by atoms with E-state index in [4.69, 9.17) is 4.74 Å². The number of nitrogens with zero attached hydrogens (tertiary/aromatic N) is 3. The fraction of sp³-hybridized carbons (Fsp3) is 0.514. The van der Waals surface area contributed by atoms with E-state index >= 15 is 0 Å². The molecule has 2 fully saturated rings. The van der Waals surface area contributed by atoms with Gasteiger partial charge in [-0.05, 0) is 126 Å². The maximum Gasteiger partial charge on any atom is 0.253 e. The minimum absolute atomic E-state index is 0.152. The van der Waals surface area contributed by atoms with Gasteiger partial charge in [0.2, 0.25) is 0 Å². The first-order chi connectivity index (χ1) is 21.7. The van der Waals surface area contributed by atoms with Crippen molar-refractivity contribution in [3.63, 3.8) is 0 Å². The van der Waals surface area contributed by atoms with Crippen LogP contribution in [-0.4, -0.2) is 79.7 Å². The highest BCUT2D eigenvalue weighted by atomic mass is 16.5. The van der Waals surface area contributed by atoms with Crippen LogP contribution in [0.3, 0.4) is 0 Å². The lowest BCUT2D eigenvalue weighted by Gasteiger charge is -2.39. The number of amides is 1. The number of ether oxygens (including phenoxy) is 1. The highest BCUT2D eigenvalue weighted by molar-refractivity contribution is 5.99. The Kier molecular flexibility index (Phi) is 10.8. The molecule has 1 unspecified atom stereocenters. The molecule has 8 heteroatoms. The monoisotopic (exact) mass is 613 g/mol. The van der Waals surface area contributed by atoms with Gasteiger partial charge in [0.05, 0.1) is 6.10 Å². The third-order valence-corrected chi connectivity index (χ3v) is 9.81. The van der Waals surface area contributed by atoms with Crippen molar-refractivity contribution in [2.45, 2.75) is 78.6 Å². The number of anilines is 1. The van der Waals surface area contributed by atoms with Gasteiger partial charge in [-0.3, -0.25) is 14.5 Å². The van der Waals surface area contributed by atoms with Gasteiger partial charge < -0.3 is 24.8 Å². The van der Waals surface area contributed by atoms with E-state index in [9.17, 15) is 9.59 Å². The van der Waals surface area contributed by atoms with E-state index in [1.54, 1.807) is 0 Å². The molecule has 0 saturated carbocycles. The molecule has 0 bridgehead atoms. The van der Waals surface area contributed by atoms with Gasteiger partial charge in [0, 0.05) is 61.8 Å². The lowest BCUT2D eigenvalue weighted by Crippen LogP contribution is -2.44. The summed E-state index contributed by atoms with van der Waals surface area (Å²) in [6.07, 6.45) is 4.80. The number of aryl methyl sites for hydroxylation is 2. The number of aromatic amines is 1. The minimum Gasteiger partial charge on any atom is -0.380 e. The van der Waals surface area contributed by atoms with Crippen LogP contribution in [0.25, 0.3) is 11.1 Å². The normalized spacial score (nSPS) is 18.2. The summed E-state index contributed by atoms with van der Waals surface area (Å²) in [5, 5.41) is 3.07. The largest absolute Gasteiger partial charge is 0.380 e. The van der Waals surface area contributed by atoms with E-state index in [-0.39, 0.29) is 18.0 Å². The third kappa shape index (κ3) is 7.86. The summed E-state index contributed by atoms with van der Waals surface area (Å²) in [6.45, 7) is 14.2. The molecule has 45 heavy (non-hydrogen) atoms. The third-order valence-electron chi connectivity index (χ3n) is 9.81. The summed E-state index contributed by atoms with van der Waals surface area (Å²) in [6, 6.07) is 15.5. The van der Waals surface area contributed by atoms with E-state index in [1.165, 1.54) is 5.56 Å². The number of aromatic nitrogens is 1. The van der Waals surface area contributed by atoms with Crippen LogP contribution in [0.15, 0.2) is 47.3 Å². The van der Waals surface area contributed by atoms with Crippen LogP contribution in [0.2, 0.25) is 0 Å². The Labute approximate surface area is 268 Å². The Balaban J connectivity index is 1.45. The molecule has 0 aliphatic carbocycles. The Morgan fingerprint density at radius 1 is 1.02 bits per heavy atom. The van der Waals surface area contributed by atoms with Crippen molar-refractivity contribution in [3.8, 4) is 11.1 Å². The number of carbonyl (C=O) groups is 1. The number of benzene rings is 2. The second-order valence-electron chi connectivity index (χ2n) is 13.0. The fourth-order valence-corrected chi connectivity index (χ4v) is 7.11. The average Bonchev–Trinajstić information content (AvgIpc) is 3.03. The predicted molar refractivity (Wildman–Crippen MR) is 183 cm³/mol. The number of likely N-dealkylation sites (tertiary alicyclic amines) is 2. The highest BCUT2D eigenvalue weighted by Gasteiger charge is 2.26. The zero-order valence-electron chi connectivity index (χ0n) is 28.0. The van der Waals surface area contributed by atoms with E-state index in [1.807, 2.05) is 33.1 Å². The van der Waals surface area contributed by atoms with Crippen molar-refractivity contribution in [3.05, 3.63) is 86.3 Å². The maximum atomic E-state index is 13.9. The van der Waals surface area contributed by atoms with Gasteiger partial charge in [-0.15, -0.1) is 0 Å². The zero-order valence-corrected chi connectivity index (χ0v) is 28.0. The Morgan fingerprint density at radius 3 is 2.42 bits per heavy atom. The van der Waals surface area contributed by atoms with Crippen LogP contribution < -0.4 is 15.8 Å². The lowest BCUT2D eigenvalue weighted by atomic mass is 9.94. The van der Waals surface area contributed by atoms with E-state index in [0.29, 0.717) is 23.3 Å². The molecule has 0 radical (unpaired) electrons. The number of carbonyl (C=O) groups excluding carboxylic acids is 1. The van der Waals surface area contributed by atoms with Crippen molar-refractivity contribution in [2.24, 2.45) is 0 Å². The van der Waals surface area contributed by atoms with Crippen LogP contribution in [0.5, 0.6) is 0 Å². The first-order valence-electron chi connectivity index (χ1n) is 16.6. The smallest absolute Gasteiger partial charge is 0.253 e. The van der Waals surface area contributed by atoms with Gasteiger partial charge in [0.25, 0.3) is 11.5 Å². The summed E-state index contributed by atoms with van der Waals surface area (Å²) >= 11 is 0. The molecule has 8 nitrogen and oxygen atoms in total. The number of H-pyrrole nitrogens is 1. The summed E-state index contributed by atoms with van der Waals surface area (Å²) in [5.41, 5.74) is 8.27. The number of nitrogens with one attached hydrogen (secondary N) is 2. The second kappa shape index (κ2) is 14.8. The lowest BCUT2D eigenvalue weighted by molar-refractivity contribution is 0.0285. The number of rotatable bonds is 10. The number of hydrogen-bond donors (Lipinski definition) is 2. The van der Waals surface area contributed by atoms with Crippen LogP contribution in [0, 0.1) is 20.8 Å². The van der Waals surface area contributed by atoms with Gasteiger partial charge in [-0.25, -0.2) is 0 Å². The number of pyridine rings is 1. The summed E-state index contributed by atoms with van der Waals surface area (Å²) < 4.78 is 5.63. The molecule has 3 aromatic rings. The van der Waals surface area contributed by atoms with E-state index < -0.39 is 0 Å². The molecule has 2 N–H and O–H groups in total. The number of piperidine rings is 2. The Bertz CT molecular complexity index is 1520. The van der Waals surface area contributed by atoms with Gasteiger partial charge in [0.15, 0.2) is 0 Å². The van der Waals surface area contributed by atoms with Crippen molar-refractivity contribution < 1.29 is 9.53 Å². The molecule has 5 rings (SSSR count). The molecule has 1 atom stereocenters. The van der Waals surface area contributed by atoms with Crippen molar-refractivity contribution in [1.29, 1.82) is 0 Å². The summed E-state index contributed by atoms with van der Waals surface area (Å²) in [7, 11) is 4.00. The number of methoxy groups -OCH3 is 1. The van der Waals surface area contributed by atoms with Gasteiger partial charge in [-0.1, -0.05) is 24.3 Å². The van der Waals surface area contributed by atoms with Crippen LogP contribution in [-0.2, 0) is 17.8 Å². The minimum atomic E-state index is -0.163. The standard InChI is InChI=1S/C37H51N5O3/c1-7-42(31-14-17-40(5)18-15-31)35-21-30(29-12-10-28(11-13-29)23-41-16-8-9-32(24-41)45-6)20-33(27(35)4)36(43)38-22-34-25(2)19-26(3)39-37(34)44/h10-13,19-21,31-32H,7-9,14-18,22-24H2,1-6H3,(H,38,43)(H,39,44). The molecule has 2 aromatic carbocycles. The fourth-order valence-electron chi connectivity index (χ4n) is 7.11. The second-order valence-corrected chi connectivity index (χ2v) is 13.0. The van der Waals surface area contributed by atoms with Gasteiger partial charge >= 0.3 is 0 Å². The molecule has 1 amide bonds. The quantitative estimate of drug-likeness (QED) is 0.318. The van der Waals surface area contributed by atoms with Crippen molar-refractivity contribution in [1.82, 2.24) is 20.1 Å². The topological polar surface area (TPSA) is 80.9 Å². The molecular weight excluding hydrogens is 562 g/mol. The Morgan fingerprint density at radius 2 is 1.76 bits per heavy atom. The molecular formula is C37H51N5O3. The first-order valence-corrected chi connectivity index (χ1v) is 16.6. The average molecular weight is 614 g/mol. The Hall–Kier alpha value is -3.46. The molecule has 2 saturated heterocycles. The van der Waals surface area contributed by atoms with Crippen molar-refractivity contribution in [2.75, 3.05) is 51.8 Å². The van der Waals surface area contributed by atoms with Gasteiger partial charge in [-0.2, -0.15) is 0 Å². The summed E-state index contributed by atoms with van der Waals surface area (Å²) in [5.74, 6) is -0.163. The molecule has 2 aliphatic heterocycles. The van der Waals surface area contributed by atoms with E-state index in [0.717, 1.165) is 98.6 Å². The van der Waals surface area contributed by atoms with Gasteiger partial charge in [0.1, 0.15) is 0 Å². The predicted octanol–water partition coefficient (Wildman–Crippen LogP) is 5.43. The van der Waals surface area contributed by atoms with Crippen LogP contribution in [0.1, 0.15) is 70.9 Å². The molecule has 0 spiro atoms. The molecule has 1 aromatic heterocycles. The highest BCUT2D eigenvalue weighted by Crippen LogP contribution is 2.34. The maximum absolute atomic E-state index is 13.9. The number of hydrogen-bond acceptors (Lipinski definition) is 6. The zero-order chi connectivity index (χ0) is 32.1. The van der Waals surface area contributed by atoms with Crippen LogP contribution in [0.4, 0.5) is 5.69 Å². The van der Waals surface area contributed by atoms with Crippen LogP contribution >= 0.6 is 0 Å². The van der Waals surface area contributed by atoms with Crippen molar-refractivity contribution >= 4 is 11.6 Å². The van der Waals surface area contributed by atoms with E-state index in [2.05, 4.69) is 76.2 Å². The molecule has 2 aliphatic rings. The molecule has 242 valence electrons. The summed E-state index contributed by atoms with van der Waals surface area (Å²) in [4.78, 5) is 36.7.